The molecule has 2 N–H and O–H groups in total. The summed E-state index contributed by atoms with van der Waals surface area (Å²) in [5.41, 5.74) is 1.67. The van der Waals surface area contributed by atoms with Crippen molar-refractivity contribution in [3.63, 3.8) is 0 Å². The van der Waals surface area contributed by atoms with Crippen LogP contribution in [0.25, 0.3) is 0 Å². The maximum Gasteiger partial charge on any atom is 0.257 e. The molecule has 28 heavy (non-hydrogen) atoms. The SMILES string of the molecule is CCOc1ccccc1OCC(=O)NCCNS(=O)(=O)c1ccc(C)cc1C. The number of carbonyl (C=O) groups is 1. The summed E-state index contributed by atoms with van der Waals surface area (Å²) in [7, 11) is -3.62. The second-order valence-corrected chi connectivity index (χ2v) is 7.92. The first-order chi connectivity index (χ1) is 13.3. The van der Waals surface area contributed by atoms with Gasteiger partial charge in [-0.3, -0.25) is 4.79 Å². The summed E-state index contributed by atoms with van der Waals surface area (Å²) in [6.45, 7) is 6.06. The number of aryl methyl sites for hydroxylation is 2. The molecule has 0 saturated heterocycles. The van der Waals surface area contributed by atoms with Gasteiger partial charge in [0.1, 0.15) is 0 Å². The quantitative estimate of drug-likeness (QED) is 0.590. The van der Waals surface area contributed by atoms with Crippen LogP contribution >= 0.6 is 0 Å². The standard InChI is InChI=1S/C20H26N2O5S/c1-4-26-17-7-5-6-8-18(17)27-14-20(23)21-11-12-22-28(24,25)19-10-9-15(2)13-16(19)3/h5-10,13,22H,4,11-12,14H2,1-3H3,(H,21,23). The van der Waals surface area contributed by atoms with E-state index in [2.05, 4.69) is 10.0 Å². The van der Waals surface area contributed by atoms with Crippen molar-refractivity contribution in [1.29, 1.82) is 0 Å². The van der Waals surface area contributed by atoms with Crippen molar-refractivity contribution in [2.75, 3.05) is 26.3 Å². The van der Waals surface area contributed by atoms with Crippen molar-refractivity contribution in [2.24, 2.45) is 0 Å². The molecule has 8 heteroatoms. The molecule has 0 aliphatic heterocycles. The highest BCUT2D eigenvalue weighted by Crippen LogP contribution is 2.26. The molecule has 0 aromatic heterocycles. The number of hydrogen-bond acceptors (Lipinski definition) is 5. The Morgan fingerprint density at radius 3 is 2.32 bits per heavy atom. The molecule has 0 unspecified atom stereocenters. The first kappa shape index (κ1) is 21.7. The first-order valence-electron chi connectivity index (χ1n) is 9.01. The van der Waals surface area contributed by atoms with Crippen molar-refractivity contribution >= 4 is 15.9 Å². The monoisotopic (exact) mass is 406 g/mol. The molecule has 152 valence electrons. The van der Waals surface area contributed by atoms with E-state index >= 15 is 0 Å². The number of sulfonamides is 1. The number of hydrogen-bond donors (Lipinski definition) is 2. The predicted molar refractivity (Wildman–Crippen MR) is 107 cm³/mol. The fourth-order valence-corrected chi connectivity index (χ4v) is 3.86. The van der Waals surface area contributed by atoms with E-state index in [1.165, 1.54) is 0 Å². The number of para-hydroxylation sites is 2. The van der Waals surface area contributed by atoms with Gasteiger partial charge in [0.2, 0.25) is 10.0 Å². The van der Waals surface area contributed by atoms with Crippen molar-refractivity contribution < 1.29 is 22.7 Å². The van der Waals surface area contributed by atoms with Gasteiger partial charge in [0, 0.05) is 13.1 Å². The Hall–Kier alpha value is -2.58. The normalized spacial score (nSPS) is 11.1. The van der Waals surface area contributed by atoms with Crippen LogP contribution in [0.3, 0.4) is 0 Å². The zero-order valence-electron chi connectivity index (χ0n) is 16.3. The van der Waals surface area contributed by atoms with Gasteiger partial charge in [-0.25, -0.2) is 13.1 Å². The van der Waals surface area contributed by atoms with E-state index in [0.29, 0.717) is 23.7 Å². The molecular formula is C20H26N2O5S. The smallest absolute Gasteiger partial charge is 0.257 e. The van der Waals surface area contributed by atoms with E-state index in [0.717, 1.165) is 5.56 Å². The maximum atomic E-state index is 12.4. The Morgan fingerprint density at radius 1 is 1.00 bits per heavy atom. The molecule has 0 aliphatic carbocycles. The molecule has 0 heterocycles. The van der Waals surface area contributed by atoms with Crippen molar-refractivity contribution in [2.45, 2.75) is 25.7 Å². The highest BCUT2D eigenvalue weighted by atomic mass is 32.2. The number of benzene rings is 2. The molecule has 2 aromatic carbocycles. The number of rotatable bonds is 10. The summed E-state index contributed by atoms with van der Waals surface area (Å²) in [5.74, 6) is 0.700. The van der Waals surface area contributed by atoms with E-state index in [-0.39, 0.29) is 30.5 Å². The van der Waals surface area contributed by atoms with Crippen LogP contribution in [0, 0.1) is 13.8 Å². The summed E-state index contributed by atoms with van der Waals surface area (Å²) >= 11 is 0. The van der Waals surface area contributed by atoms with Crippen LogP contribution in [0.2, 0.25) is 0 Å². The molecule has 0 saturated carbocycles. The van der Waals surface area contributed by atoms with Crippen LogP contribution in [0.5, 0.6) is 11.5 Å². The molecular weight excluding hydrogens is 380 g/mol. The van der Waals surface area contributed by atoms with Crippen LogP contribution in [0.4, 0.5) is 0 Å². The second-order valence-electron chi connectivity index (χ2n) is 6.19. The van der Waals surface area contributed by atoms with Gasteiger partial charge in [0.25, 0.3) is 5.91 Å². The Balaban J connectivity index is 1.78. The Labute approximate surface area is 166 Å². The molecule has 0 aliphatic rings. The Bertz CT molecular complexity index is 913. The highest BCUT2D eigenvalue weighted by molar-refractivity contribution is 7.89. The van der Waals surface area contributed by atoms with Gasteiger partial charge in [-0.05, 0) is 44.5 Å². The minimum atomic E-state index is -3.62. The summed E-state index contributed by atoms with van der Waals surface area (Å²) in [4.78, 5) is 12.2. The number of carbonyl (C=O) groups excluding carboxylic acids is 1. The van der Waals surface area contributed by atoms with Gasteiger partial charge >= 0.3 is 0 Å². The number of amides is 1. The molecule has 2 aromatic rings. The van der Waals surface area contributed by atoms with Crippen LogP contribution in [0.1, 0.15) is 18.1 Å². The van der Waals surface area contributed by atoms with Crippen LogP contribution in [0.15, 0.2) is 47.4 Å². The third-order valence-electron chi connectivity index (χ3n) is 3.87. The van der Waals surface area contributed by atoms with Crippen LogP contribution in [-0.4, -0.2) is 40.6 Å². The molecule has 0 spiro atoms. The third-order valence-corrected chi connectivity index (χ3v) is 5.49. The van der Waals surface area contributed by atoms with Gasteiger partial charge in [0.15, 0.2) is 18.1 Å². The maximum absolute atomic E-state index is 12.4. The summed E-state index contributed by atoms with van der Waals surface area (Å²) < 4.78 is 38.1. The largest absolute Gasteiger partial charge is 0.490 e. The number of nitrogens with one attached hydrogen (secondary N) is 2. The Morgan fingerprint density at radius 2 is 1.68 bits per heavy atom. The van der Waals surface area contributed by atoms with E-state index < -0.39 is 10.0 Å². The molecule has 0 bridgehead atoms. The van der Waals surface area contributed by atoms with Crippen LogP contribution < -0.4 is 19.5 Å². The average Bonchev–Trinajstić information content (AvgIpc) is 2.64. The zero-order chi connectivity index (χ0) is 20.6. The van der Waals surface area contributed by atoms with Crippen molar-refractivity contribution in [3.8, 4) is 11.5 Å². The summed E-state index contributed by atoms with van der Waals surface area (Å²) in [5, 5.41) is 2.62. The molecule has 0 radical (unpaired) electrons. The van der Waals surface area contributed by atoms with E-state index in [1.807, 2.05) is 26.0 Å². The fourth-order valence-electron chi connectivity index (χ4n) is 2.60. The summed E-state index contributed by atoms with van der Waals surface area (Å²) in [6, 6.07) is 12.2. The lowest BCUT2D eigenvalue weighted by atomic mass is 10.2. The highest BCUT2D eigenvalue weighted by Gasteiger charge is 2.16. The minimum absolute atomic E-state index is 0.0803. The van der Waals surface area contributed by atoms with E-state index in [1.54, 1.807) is 37.3 Å². The van der Waals surface area contributed by atoms with Crippen molar-refractivity contribution in [1.82, 2.24) is 10.0 Å². The molecule has 2 rings (SSSR count). The molecule has 0 fully saturated rings. The topological polar surface area (TPSA) is 93.7 Å². The van der Waals surface area contributed by atoms with Gasteiger partial charge in [0.05, 0.1) is 11.5 Å². The minimum Gasteiger partial charge on any atom is -0.490 e. The van der Waals surface area contributed by atoms with Crippen molar-refractivity contribution in [3.05, 3.63) is 53.6 Å². The van der Waals surface area contributed by atoms with E-state index in [9.17, 15) is 13.2 Å². The lowest BCUT2D eigenvalue weighted by molar-refractivity contribution is -0.123. The first-order valence-corrected chi connectivity index (χ1v) is 10.5. The lowest BCUT2D eigenvalue weighted by Crippen LogP contribution is -2.37. The average molecular weight is 407 g/mol. The van der Waals surface area contributed by atoms with Gasteiger partial charge < -0.3 is 14.8 Å². The van der Waals surface area contributed by atoms with Gasteiger partial charge in [-0.2, -0.15) is 0 Å². The second kappa shape index (κ2) is 10.1. The lowest BCUT2D eigenvalue weighted by Gasteiger charge is -2.12. The Kier molecular flexibility index (Phi) is 7.83. The zero-order valence-corrected chi connectivity index (χ0v) is 17.1. The van der Waals surface area contributed by atoms with Gasteiger partial charge in [-0.15, -0.1) is 0 Å². The molecule has 1 amide bonds. The number of ether oxygens (including phenoxy) is 2. The molecule has 7 nitrogen and oxygen atoms in total. The van der Waals surface area contributed by atoms with Gasteiger partial charge in [-0.1, -0.05) is 29.8 Å². The molecule has 0 atom stereocenters. The predicted octanol–water partition coefficient (Wildman–Crippen LogP) is 2.18. The fraction of sp³-hybridized carbons (Fsp3) is 0.350. The summed E-state index contributed by atoms with van der Waals surface area (Å²) in [6.07, 6.45) is 0. The van der Waals surface area contributed by atoms with Crippen LogP contribution in [-0.2, 0) is 14.8 Å². The third kappa shape index (κ3) is 6.24. The van der Waals surface area contributed by atoms with E-state index in [4.69, 9.17) is 9.47 Å².